The third-order valence-electron chi connectivity index (χ3n) is 2.64. The summed E-state index contributed by atoms with van der Waals surface area (Å²) in [6.07, 6.45) is 2.90. The minimum Gasteiger partial charge on any atom is -0.350 e. The Bertz CT molecular complexity index is 516. The summed E-state index contributed by atoms with van der Waals surface area (Å²) in [6, 6.07) is 1.81. The van der Waals surface area contributed by atoms with Gasteiger partial charge in [-0.25, -0.2) is 4.98 Å². The van der Waals surface area contributed by atoms with Gasteiger partial charge in [0.2, 0.25) is 0 Å². The van der Waals surface area contributed by atoms with Gasteiger partial charge in [0.25, 0.3) is 5.91 Å². The molecule has 96 valence electrons. The van der Waals surface area contributed by atoms with E-state index in [1.54, 1.807) is 11.7 Å². The van der Waals surface area contributed by atoms with Crippen molar-refractivity contribution in [2.24, 2.45) is 7.05 Å². The molecule has 2 N–H and O–H groups in total. The Labute approximate surface area is 105 Å². The van der Waals surface area contributed by atoms with Crippen molar-refractivity contribution < 1.29 is 4.79 Å². The van der Waals surface area contributed by atoms with Crippen LogP contribution in [0.15, 0.2) is 12.4 Å². The van der Waals surface area contributed by atoms with Crippen molar-refractivity contribution in [1.82, 2.24) is 30.3 Å². The second-order valence-corrected chi connectivity index (χ2v) is 3.94. The molecule has 2 aromatic rings. The Kier molecular flexibility index (Phi) is 3.71. The lowest BCUT2D eigenvalue weighted by molar-refractivity contribution is 0.0944. The molecule has 0 spiro atoms. The fourth-order valence-corrected chi connectivity index (χ4v) is 1.65. The van der Waals surface area contributed by atoms with E-state index in [1.165, 1.54) is 6.33 Å². The number of hydrogen-bond acceptors (Lipinski definition) is 4. The van der Waals surface area contributed by atoms with Gasteiger partial charge in [0.05, 0.1) is 5.69 Å². The predicted molar refractivity (Wildman–Crippen MR) is 65.0 cm³/mol. The highest BCUT2D eigenvalue weighted by Gasteiger charge is 2.11. The van der Waals surface area contributed by atoms with E-state index < -0.39 is 0 Å². The van der Waals surface area contributed by atoms with Crippen LogP contribution < -0.4 is 5.32 Å². The van der Waals surface area contributed by atoms with Gasteiger partial charge in [-0.15, -0.1) is 0 Å². The molecule has 2 aromatic heterocycles. The number of H-pyrrole nitrogens is 1. The van der Waals surface area contributed by atoms with E-state index in [9.17, 15) is 4.79 Å². The fourth-order valence-electron chi connectivity index (χ4n) is 1.65. The molecule has 0 saturated carbocycles. The Morgan fingerprint density at radius 1 is 1.56 bits per heavy atom. The van der Waals surface area contributed by atoms with Gasteiger partial charge in [0, 0.05) is 20.0 Å². The van der Waals surface area contributed by atoms with Crippen molar-refractivity contribution in [2.45, 2.75) is 19.8 Å². The maximum atomic E-state index is 11.9. The van der Waals surface area contributed by atoms with E-state index in [4.69, 9.17) is 0 Å². The summed E-state index contributed by atoms with van der Waals surface area (Å²) in [4.78, 5) is 15.9. The van der Waals surface area contributed by atoms with Crippen LogP contribution in [0.1, 0.15) is 28.9 Å². The Balaban J connectivity index is 1.89. The molecule has 2 rings (SSSR count). The monoisotopic (exact) mass is 248 g/mol. The average Bonchev–Trinajstić information content (AvgIpc) is 2.98. The first-order chi connectivity index (χ1) is 8.70. The molecule has 0 saturated heterocycles. The SMILES string of the molecule is CCc1cc(C(=O)NCCc2ncn[nH]2)n(C)n1. The van der Waals surface area contributed by atoms with Crippen molar-refractivity contribution in [3.63, 3.8) is 0 Å². The van der Waals surface area contributed by atoms with Crippen molar-refractivity contribution in [1.29, 1.82) is 0 Å². The maximum absolute atomic E-state index is 11.9. The largest absolute Gasteiger partial charge is 0.350 e. The van der Waals surface area contributed by atoms with Crippen molar-refractivity contribution in [3.05, 3.63) is 29.6 Å². The van der Waals surface area contributed by atoms with Crippen LogP contribution in [0.4, 0.5) is 0 Å². The number of nitrogens with zero attached hydrogens (tertiary/aromatic N) is 4. The number of carbonyl (C=O) groups excluding carboxylic acids is 1. The number of aryl methyl sites for hydroxylation is 2. The van der Waals surface area contributed by atoms with Crippen LogP contribution in [-0.4, -0.2) is 37.4 Å². The summed E-state index contributed by atoms with van der Waals surface area (Å²) in [6.45, 7) is 2.52. The number of amides is 1. The smallest absolute Gasteiger partial charge is 0.269 e. The van der Waals surface area contributed by atoms with Gasteiger partial charge in [-0.3, -0.25) is 14.6 Å². The predicted octanol–water partition coefficient (Wildman–Crippen LogP) is 0.0731. The standard InChI is InChI=1S/C11H16N6O/c1-3-8-6-9(17(2)16-8)11(18)12-5-4-10-13-7-14-15-10/h6-7H,3-5H2,1-2H3,(H,12,18)(H,13,14,15). The van der Waals surface area contributed by atoms with Gasteiger partial charge in [-0.1, -0.05) is 6.92 Å². The van der Waals surface area contributed by atoms with Crippen LogP contribution in [-0.2, 0) is 19.9 Å². The molecule has 0 bridgehead atoms. The van der Waals surface area contributed by atoms with Crippen LogP contribution in [0.2, 0.25) is 0 Å². The van der Waals surface area contributed by atoms with E-state index in [0.717, 1.165) is 17.9 Å². The summed E-state index contributed by atoms with van der Waals surface area (Å²) >= 11 is 0. The highest BCUT2D eigenvalue weighted by atomic mass is 16.2. The highest BCUT2D eigenvalue weighted by Crippen LogP contribution is 2.03. The molecule has 0 aliphatic rings. The zero-order valence-corrected chi connectivity index (χ0v) is 10.5. The number of aromatic amines is 1. The number of nitrogens with one attached hydrogen (secondary N) is 2. The molecule has 0 atom stereocenters. The Morgan fingerprint density at radius 2 is 2.39 bits per heavy atom. The van der Waals surface area contributed by atoms with E-state index in [2.05, 4.69) is 25.6 Å². The summed E-state index contributed by atoms with van der Waals surface area (Å²) in [7, 11) is 1.77. The first-order valence-electron chi connectivity index (χ1n) is 5.86. The minimum atomic E-state index is -0.121. The maximum Gasteiger partial charge on any atom is 0.269 e. The number of hydrogen-bond donors (Lipinski definition) is 2. The van der Waals surface area contributed by atoms with Crippen molar-refractivity contribution >= 4 is 5.91 Å². The molecule has 0 aromatic carbocycles. The Hall–Kier alpha value is -2.18. The summed E-state index contributed by atoms with van der Waals surface area (Å²) in [5, 5.41) is 13.6. The van der Waals surface area contributed by atoms with Gasteiger partial charge in [-0.2, -0.15) is 10.2 Å². The van der Waals surface area contributed by atoms with Crippen molar-refractivity contribution in [2.75, 3.05) is 6.54 Å². The van der Waals surface area contributed by atoms with E-state index in [-0.39, 0.29) is 5.91 Å². The summed E-state index contributed by atoms with van der Waals surface area (Å²) < 4.78 is 1.60. The molecule has 7 heteroatoms. The van der Waals surface area contributed by atoms with Crippen LogP contribution in [0.3, 0.4) is 0 Å². The van der Waals surface area contributed by atoms with Crippen LogP contribution in [0, 0.1) is 0 Å². The molecule has 0 fully saturated rings. The van der Waals surface area contributed by atoms with Gasteiger partial charge in [-0.05, 0) is 12.5 Å². The van der Waals surface area contributed by atoms with Crippen LogP contribution >= 0.6 is 0 Å². The molecule has 0 aliphatic heterocycles. The quantitative estimate of drug-likeness (QED) is 0.784. The zero-order valence-electron chi connectivity index (χ0n) is 10.5. The molecule has 0 radical (unpaired) electrons. The normalized spacial score (nSPS) is 10.6. The number of rotatable bonds is 5. The zero-order chi connectivity index (χ0) is 13.0. The van der Waals surface area contributed by atoms with E-state index >= 15 is 0 Å². The van der Waals surface area contributed by atoms with E-state index in [1.807, 2.05) is 13.0 Å². The van der Waals surface area contributed by atoms with Crippen LogP contribution in [0.25, 0.3) is 0 Å². The van der Waals surface area contributed by atoms with Crippen molar-refractivity contribution in [3.8, 4) is 0 Å². The third kappa shape index (κ3) is 2.73. The molecular formula is C11H16N6O. The Morgan fingerprint density at radius 3 is 3.00 bits per heavy atom. The average molecular weight is 248 g/mol. The molecule has 1 amide bonds. The third-order valence-corrected chi connectivity index (χ3v) is 2.64. The van der Waals surface area contributed by atoms with Gasteiger partial charge in [0.1, 0.15) is 17.8 Å². The fraction of sp³-hybridized carbons (Fsp3) is 0.455. The lowest BCUT2D eigenvalue weighted by Gasteiger charge is -2.03. The van der Waals surface area contributed by atoms with Gasteiger partial charge < -0.3 is 5.32 Å². The van der Waals surface area contributed by atoms with Gasteiger partial charge in [0.15, 0.2) is 0 Å². The second kappa shape index (κ2) is 5.44. The first-order valence-corrected chi connectivity index (χ1v) is 5.86. The topological polar surface area (TPSA) is 88.5 Å². The molecule has 2 heterocycles. The molecule has 0 unspecified atom stereocenters. The first kappa shape index (κ1) is 12.3. The lowest BCUT2D eigenvalue weighted by atomic mass is 10.3. The molecule has 0 aliphatic carbocycles. The molecule has 7 nitrogen and oxygen atoms in total. The number of aromatic nitrogens is 5. The summed E-state index contributed by atoms with van der Waals surface area (Å²) in [5.74, 6) is 0.638. The molecular weight excluding hydrogens is 232 g/mol. The van der Waals surface area contributed by atoms with E-state index in [0.29, 0.717) is 18.7 Å². The van der Waals surface area contributed by atoms with Gasteiger partial charge >= 0.3 is 0 Å². The highest BCUT2D eigenvalue weighted by molar-refractivity contribution is 5.92. The van der Waals surface area contributed by atoms with Crippen LogP contribution in [0.5, 0.6) is 0 Å². The summed E-state index contributed by atoms with van der Waals surface area (Å²) in [5.41, 5.74) is 1.49. The second-order valence-electron chi connectivity index (χ2n) is 3.94. The molecule has 18 heavy (non-hydrogen) atoms. The number of carbonyl (C=O) groups is 1. The lowest BCUT2D eigenvalue weighted by Crippen LogP contribution is -2.27. The minimum absolute atomic E-state index is 0.121.